The fourth-order valence-electron chi connectivity index (χ4n) is 1.80. The van der Waals surface area contributed by atoms with Gasteiger partial charge in [-0.3, -0.25) is 10.1 Å². The Kier molecular flexibility index (Phi) is 4.24. The smallest absolute Gasteiger partial charge is 0.275 e. The highest BCUT2D eigenvalue weighted by Crippen LogP contribution is 2.27. The fraction of sp³-hybridized carbons (Fsp3) is 0.0667. The van der Waals surface area contributed by atoms with Gasteiger partial charge in [0, 0.05) is 23.9 Å². The Labute approximate surface area is 121 Å². The first-order valence-electron chi connectivity index (χ1n) is 5.84. The second-order valence-corrected chi connectivity index (χ2v) is 4.48. The maximum atomic E-state index is 11.0. The Hall–Kier alpha value is -2.51. The largest absolute Gasteiger partial charge is 0.381 e. The SMILES string of the molecule is C#Cc1cccc(NCc2c(Cl)cccc2[N+](=O)[O-])c1. The minimum Gasteiger partial charge on any atom is -0.381 e. The molecule has 0 fully saturated rings. The second kappa shape index (κ2) is 6.09. The Morgan fingerprint density at radius 3 is 2.75 bits per heavy atom. The molecule has 0 heterocycles. The lowest BCUT2D eigenvalue weighted by atomic mass is 10.1. The first kappa shape index (κ1) is 13.9. The van der Waals surface area contributed by atoms with E-state index < -0.39 is 4.92 Å². The van der Waals surface area contributed by atoms with Crippen LogP contribution in [0.2, 0.25) is 5.02 Å². The van der Waals surface area contributed by atoms with Crippen LogP contribution in [0.25, 0.3) is 0 Å². The first-order valence-corrected chi connectivity index (χ1v) is 6.22. The third kappa shape index (κ3) is 3.08. The molecule has 0 unspecified atom stereocenters. The zero-order chi connectivity index (χ0) is 14.5. The lowest BCUT2D eigenvalue weighted by Gasteiger charge is -2.09. The van der Waals surface area contributed by atoms with E-state index in [1.165, 1.54) is 6.07 Å². The third-order valence-electron chi connectivity index (χ3n) is 2.79. The molecule has 0 aliphatic carbocycles. The van der Waals surface area contributed by atoms with Crippen LogP contribution >= 0.6 is 11.6 Å². The van der Waals surface area contributed by atoms with E-state index in [0.29, 0.717) is 10.6 Å². The summed E-state index contributed by atoms with van der Waals surface area (Å²) in [5.74, 6) is 2.53. The average molecular weight is 287 g/mol. The van der Waals surface area contributed by atoms with Crippen LogP contribution in [-0.2, 0) is 6.54 Å². The van der Waals surface area contributed by atoms with Crippen LogP contribution in [0.3, 0.4) is 0 Å². The van der Waals surface area contributed by atoms with E-state index in [9.17, 15) is 10.1 Å². The van der Waals surface area contributed by atoms with Crippen molar-refractivity contribution in [3.63, 3.8) is 0 Å². The Bertz CT molecular complexity index is 693. The summed E-state index contributed by atoms with van der Waals surface area (Å²) in [4.78, 5) is 10.5. The standard InChI is InChI=1S/C15H11ClN2O2/c1-2-11-5-3-6-12(9-11)17-10-13-14(16)7-4-8-15(13)18(19)20/h1,3-9,17H,10H2. The molecule has 1 N–H and O–H groups in total. The molecule has 100 valence electrons. The molecule has 20 heavy (non-hydrogen) atoms. The normalized spacial score (nSPS) is 9.80. The number of nitrogens with one attached hydrogen (secondary N) is 1. The summed E-state index contributed by atoms with van der Waals surface area (Å²) in [6.07, 6.45) is 5.33. The van der Waals surface area contributed by atoms with Gasteiger partial charge in [0.25, 0.3) is 5.69 Å². The van der Waals surface area contributed by atoms with Gasteiger partial charge in [-0.25, -0.2) is 0 Å². The maximum absolute atomic E-state index is 11.0. The number of anilines is 1. The third-order valence-corrected chi connectivity index (χ3v) is 3.14. The summed E-state index contributed by atoms with van der Waals surface area (Å²) in [5, 5.41) is 14.4. The zero-order valence-corrected chi connectivity index (χ0v) is 11.2. The molecule has 0 amide bonds. The molecule has 0 radical (unpaired) electrons. The van der Waals surface area contributed by atoms with Gasteiger partial charge in [-0.1, -0.05) is 29.7 Å². The Morgan fingerprint density at radius 2 is 2.05 bits per heavy atom. The maximum Gasteiger partial charge on any atom is 0.275 e. The molecule has 4 nitrogen and oxygen atoms in total. The van der Waals surface area contributed by atoms with Crippen molar-refractivity contribution in [3.05, 3.63) is 68.7 Å². The fourth-order valence-corrected chi connectivity index (χ4v) is 2.04. The number of hydrogen-bond donors (Lipinski definition) is 1. The van der Waals surface area contributed by atoms with Gasteiger partial charge in [0.05, 0.1) is 15.5 Å². The van der Waals surface area contributed by atoms with Crippen molar-refractivity contribution < 1.29 is 4.92 Å². The zero-order valence-electron chi connectivity index (χ0n) is 10.5. The predicted octanol–water partition coefficient (Wildman–Crippen LogP) is 3.84. The summed E-state index contributed by atoms with van der Waals surface area (Å²) in [7, 11) is 0. The van der Waals surface area contributed by atoms with Gasteiger partial charge in [-0.2, -0.15) is 0 Å². The summed E-state index contributed by atoms with van der Waals surface area (Å²) in [6, 6.07) is 11.9. The number of hydrogen-bond acceptors (Lipinski definition) is 3. The summed E-state index contributed by atoms with van der Waals surface area (Å²) in [5.41, 5.74) is 1.97. The Balaban J connectivity index is 2.23. The van der Waals surface area contributed by atoms with E-state index in [2.05, 4.69) is 11.2 Å². The van der Waals surface area contributed by atoms with Gasteiger partial charge >= 0.3 is 0 Å². The van der Waals surface area contributed by atoms with Crippen molar-refractivity contribution in [2.75, 3.05) is 5.32 Å². The molecule has 2 aromatic rings. The molecule has 0 bridgehead atoms. The van der Waals surface area contributed by atoms with Crippen molar-refractivity contribution in [1.29, 1.82) is 0 Å². The number of terminal acetylenes is 1. The molecule has 2 aromatic carbocycles. The lowest BCUT2D eigenvalue weighted by Crippen LogP contribution is -2.04. The highest BCUT2D eigenvalue weighted by atomic mass is 35.5. The van der Waals surface area contributed by atoms with Crippen LogP contribution in [0.5, 0.6) is 0 Å². The summed E-state index contributed by atoms with van der Waals surface area (Å²) < 4.78 is 0. The van der Waals surface area contributed by atoms with Gasteiger partial charge < -0.3 is 5.32 Å². The average Bonchev–Trinajstić information content (AvgIpc) is 2.45. The van der Waals surface area contributed by atoms with Gasteiger partial charge in [-0.15, -0.1) is 6.42 Å². The number of benzene rings is 2. The van der Waals surface area contributed by atoms with Crippen LogP contribution in [-0.4, -0.2) is 4.92 Å². The molecule has 0 aliphatic rings. The molecule has 5 heteroatoms. The van der Waals surface area contributed by atoms with Gasteiger partial charge in [0.2, 0.25) is 0 Å². The summed E-state index contributed by atoms with van der Waals surface area (Å²) in [6.45, 7) is 0.254. The molecule has 0 atom stereocenters. The van der Waals surface area contributed by atoms with Gasteiger partial charge in [0.1, 0.15) is 0 Å². The van der Waals surface area contributed by atoms with Crippen LogP contribution < -0.4 is 5.32 Å². The quantitative estimate of drug-likeness (QED) is 0.528. The minimum atomic E-state index is -0.444. The van der Waals surface area contributed by atoms with Crippen molar-refractivity contribution in [3.8, 4) is 12.3 Å². The lowest BCUT2D eigenvalue weighted by molar-refractivity contribution is -0.385. The van der Waals surface area contributed by atoms with E-state index in [-0.39, 0.29) is 12.2 Å². The van der Waals surface area contributed by atoms with Crippen LogP contribution in [0, 0.1) is 22.5 Å². The number of rotatable bonds is 4. The molecule has 0 aromatic heterocycles. The van der Waals surface area contributed by atoms with Gasteiger partial charge in [-0.05, 0) is 24.3 Å². The first-order chi connectivity index (χ1) is 9.61. The van der Waals surface area contributed by atoms with Crippen molar-refractivity contribution >= 4 is 23.0 Å². The molecule has 0 aliphatic heterocycles. The molecule has 2 rings (SSSR count). The molecular weight excluding hydrogens is 276 g/mol. The van der Waals surface area contributed by atoms with Gasteiger partial charge in [0.15, 0.2) is 0 Å². The van der Waals surface area contributed by atoms with E-state index >= 15 is 0 Å². The Morgan fingerprint density at radius 1 is 1.30 bits per heavy atom. The number of nitrogens with zero attached hydrogens (tertiary/aromatic N) is 1. The molecular formula is C15H11ClN2O2. The van der Waals surface area contributed by atoms with Crippen molar-refractivity contribution in [1.82, 2.24) is 0 Å². The topological polar surface area (TPSA) is 55.2 Å². The molecule has 0 saturated heterocycles. The number of nitro groups is 1. The highest BCUT2D eigenvalue weighted by Gasteiger charge is 2.16. The van der Waals surface area contributed by atoms with E-state index in [0.717, 1.165) is 11.3 Å². The number of halogens is 1. The van der Waals surface area contributed by atoms with Crippen molar-refractivity contribution in [2.24, 2.45) is 0 Å². The minimum absolute atomic E-state index is 0.00176. The van der Waals surface area contributed by atoms with Crippen LogP contribution in [0.4, 0.5) is 11.4 Å². The predicted molar refractivity (Wildman–Crippen MR) is 79.8 cm³/mol. The number of nitro benzene ring substituents is 1. The van der Waals surface area contributed by atoms with E-state index in [4.69, 9.17) is 18.0 Å². The van der Waals surface area contributed by atoms with Crippen molar-refractivity contribution in [2.45, 2.75) is 6.54 Å². The summed E-state index contributed by atoms with van der Waals surface area (Å²) >= 11 is 6.02. The molecule has 0 spiro atoms. The van der Waals surface area contributed by atoms with E-state index in [1.807, 2.05) is 18.2 Å². The highest BCUT2D eigenvalue weighted by molar-refractivity contribution is 6.31. The second-order valence-electron chi connectivity index (χ2n) is 4.07. The van der Waals surface area contributed by atoms with Crippen LogP contribution in [0.15, 0.2) is 42.5 Å². The monoisotopic (exact) mass is 286 g/mol. The van der Waals surface area contributed by atoms with E-state index in [1.54, 1.807) is 18.2 Å². The molecule has 0 saturated carbocycles. The van der Waals surface area contributed by atoms with Crippen LogP contribution in [0.1, 0.15) is 11.1 Å².